The van der Waals surface area contributed by atoms with Crippen LogP contribution in [0.1, 0.15) is 22.8 Å². The van der Waals surface area contributed by atoms with E-state index in [0.717, 1.165) is 0 Å². The average Bonchev–Trinajstić information content (AvgIpc) is 2.34. The number of terminal acetylenes is 1. The molecule has 18 heavy (non-hydrogen) atoms. The second-order valence-corrected chi connectivity index (χ2v) is 3.78. The Kier molecular flexibility index (Phi) is 4.44. The van der Waals surface area contributed by atoms with Crippen LogP contribution in [0.3, 0.4) is 0 Å². The fraction of sp³-hybridized carbons (Fsp3) is 0.308. The maximum absolute atomic E-state index is 12.1. The Hall–Kier alpha value is -2.35. The monoisotopic (exact) mass is 246 g/mol. The van der Waals surface area contributed by atoms with Gasteiger partial charge in [-0.1, -0.05) is 5.92 Å². The summed E-state index contributed by atoms with van der Waals surface area (Å²) in [6, 6.07) is 4.30. The summed E-state index contributed by atoms with van der Waals surface area (Å²) in [4.78, 5) is 23.8. The number of nitro groups is 1. The van der Waals surface area contributed by atoms with Crippen molar-refractivity contribution in [2.45, 2.75) is 13.8 Å². The molecule has 0 atom stereocenters. The van der Waals surface area contributed by atoms with Crippen molar-refractivity contribution in [3.63, 3.8) is 0 Å². The third-order valence-corrected chi connectivity index (χ3v) is 2.59. The molecule has 0 N–H and O–H groups in total. The summed E-state index contributed by atoms with van der Waals surface area (Å²) in [5.74, 6) is 2.20. The van der Waals surface area contributed by atoms with Crippen LogP contribution in [0.5, 0.6) is 0 Å². The summed E-state index contributed by atoms with van der Waals surface area (Å²) in [7, 11) is 0. The second-order valence-electron chi connectivity index (χ2n) is 3.78. The summed E-state index contributed by atoms with van der Waals surface area (Å²) < 4.78 is 0. The van der Waals surface area contributed by atoms with E-state index in [-0.39, 0.29) is 18.1 Å². The Morgan fingerprint density at radius 3 is 2.67 bits per heavy atom. The lowest BCUT2D eigenvalue weighted by Gasteiger charge is -2.18. The lowest BCUT2D eigenvalue weighted by molar-refractivity contribution is -0.385. The molecule has 5 nitrogen and oxygen atoms in total. The summed E-state index contributed by atoms with van der Waals surface area (Å²) in [6.07, 6.45) is 5.18. The maximum atomic E-state index is 12.1. The zero-order chi connectivity index (χ0) is 13.7. The number of amides is 1. The molecule has 0 aromatic heterocycles. The number of nitro benzene ring substituents is 1. The van der Waals surface area contributed by atoms with Gasteiger partial charge in [-0.05, 0) is 26.0 Å². The van der Waals surface area contributed by atoms with Crippen molar-refractivity contribution >= 4 is 11.6 Å². The fourth-order valence-electron chi connectivity index (χ4n) is 1.61. The highest BCUT2D eigenvalue weighted by atomic mass is 16.6. The van der Waals surface area contributed by atoms with Gasteiger partial charge in [0, 0.05) is 23.7 Å². The molecule has 94 valence electrons. The predicted molar refractivity (Wildman–Crippen MR) is 68.2 cm³/mol. The number of nitrogens with zero attached hydrogens (tertiary/aromatic N) is 2. The van der Waals surface area contributed by atoms with Crippen LogP contribution in [0.25, 0.3) is 0 Å². The molecule has 0 bridgehead atoms. The van der Waals surface area contributed by atoms with Crippen LogP contribution in [0.2, 0.25) is 0 Å². The number of carbonyl (C=O) groups is 1. The van der Waals surface area contributed by atoms with Crippen LogP contribution in [-0.4, -0.2) is 28.8 Å². The largest absolute Gasteiger partial charge is 0.328 e. The Morgan fingerprint density at radius 2 is 2.22 bits per heavy atom. The van der Waals surface area contributed by atoms with E-state index < -0.39 is 4.92 Å². The summed E-state index contributed by atoms with van der Waals surface area (Å²) >= 11 is 0. The van der Waals surface area contributed by atoms with Crippen molar-refractivity contribution in [2.75, 3.05) is 13.1 Å². The number of rotatable bonds is 4. The van der Waals surface area contributed by atoms with Gasteiger partial charge in [0.2, 0.25) is 0 Å². The van der Waals surface area contributed by atoms with Gasteiger partial charge in [0.25, 0.3) is 11.6 Å². The van der Waals surface area contributed by atoms with Crippen LogP contribution in [0.15, 0.2) is 18.2 Å². The van der Waals surface area contributed by atoms with Gasteiger partial charge in [-0.25, -0.2) is 0 Å². The molecule has 1 rings (SSSR count). The first-order chi connectivity index (χ1) is 8.51. The van der Waals surface area contributed by atoms with E-state index in [1.54, 1.807) is 6.92 Å². The molecule has 0 saturated heterocycles. The second kappa shape index (κ2) is 5.82. The SMILES string of the molecule is C#CCN(CC)C(=O)c1ccc([N+](=O)[O-])c(C)c1. The normalized spacial score (nSPS) is 9.61. The highest BCUT2D eigenvalue weighted by molar-refractivity contribution is 5.94. The maximum Gasteiger partial charge on any atom is 0.272 e. The molecule has 0 fully saturated rings. The van der Waals surface area contributed by atoms with Crippen molar-refractivity contribution in [3.05, 3.63) is 39.4 Å². The van der Waals surface area contributed by atoms with Crippen LogP contribution in [-0.2, 0) is 0 Å². The Labute approximate surface area is 106 Å². The zero-order valence-corrected chi connectivity index (χ0v) is 10.3. The Morgan fingerprint density at radius 1 is 1.56 bits per heavy atom. The topological polar surface area (TPSA) is 63.5 Å². The van der Waals surface area contributed by atoms with Crippen molar-refractivity contribution in [2.24, 2.45) is 0 Å². The standard InChI is InChI=1S/C13H14N2O3/c1-4-8-14(5-2)13(16)11-6-7-12(15(17)18)10(3)9-11/h1,6-7,9H,5,8H2,2-3H3. The van der Waals surface area contributed by atoms with E-state index in [1.165, 1.54) is 23.1 Å². The number of aryl methyl sites for hydroxylation is 1. The molecule has 0 saturated carbocycles. The molecule has 0 aliphatic heterocycles. The molecule has 0 unspecified atom stereocenters. The van der Waals surface area contributed by atoms with E-state index in [4.69, 9.17) is 6.42 Å². The summed E-state index contributed by atoms with van der Waals surface area (Å²) in [5, 5.41) is 10.7. The number of carbonyl (C=O) groups excluding carboxylic acids is 1. The zero-order valence-electron chi connectivity index (χ0n) is 10.3. The van der Waals surface area contributed by atoms with Crippen molar-refractivity contribution in [1.29, 1.82) is 0 Å². The molecule has 1 amide bonds. The molecule has 0 heterocycles. The minimum atomic E-state index is -0.470. The minimum absolute atomic E-state index is 0.00606. The average molecular weight is 246 g/mol. The first-order valence-electron chi connectivity index (χ1n) is 5.49. The Balaban J connectivity index is 3.05. The van der Waals surface area contributed by atoms with Gasteiger partial charge in [0.05, 0.1) is 11.5 Å². The van der Waals surface area contributed by atoms with Gasteiger partial charge in [0.15, 0.2) is 0 Å². The third-order valence-electron chi connectivity index (χ3n) is 2.59. The van der Waals surface area contributed by atoms with Gasteiger partial charge in [-0.15, -0.1) is 6.42 Å². The van der Waals surface area contributed by atoms with Gasteiger partial charge < -0.3 is 4.90 Å². The van der Waals surface area contributed by atoms with Gasteiger partial charge in [-0.3, -0.25) is 14.9 Å². The highest BCUT2D eigenvalue weighted by Gasteiger charge is 2.17. The summed E-state index contributed by atoms with van der Waals surface area (Å²) in [6.45, 7) is 4.16. The number of hydrogen-bond acceptors (Lipinski definition) is 3. The van der Waals surface area contributed by atoms with Crippen LogP contribution >= 0.6 is 0 Å². The van der Waals surface area contributed by atoms with Gasteiger partial charge in [0.1, 0.15) is 0 Å². The van der Waals surface area contributed by atoms with Crippen molar-refractivity contribution < 1.29 is 9.72 Å². The predicted octanol–water partition coefficient (Wildman–Crippen LogP) is 2.00. The van der Waals surface area contributed by atoms with E-state index in [9.17, 15) is 14.9 Å². The molecule has 0 spiro atoms. The molecule has 1 aromatic rings. The quantitative estimate of drug-likeness (QED) is 0.463. The summed E-state index contributed by atoms with van der Waals surface area (Å²) in [5.41, 5.74) is 0.879. The van der Waals surface area contributed by atoms with E-state index in [1.807, 2.05) is 6.92 Å². The van der Waals surface area contributed by atoms with Crippen molar-refractivity contribution in [3.8, 4) is 12.3 Å². The van der Waals surface area contributed by atoms with Crippen LogP contribution in [0.4, 0.5) is 5.69 Å². The number of hydrogen-bond donors (Lipinski definition) is 0. The van der Waals surface area contributed by atoms with E-state index in [2.05, 4.69) is 5.92 Å². The van der Waals surface area contributed by atoms with Crippen LogP contribution in [0, 0.1) is 29.4 Å². The molecule has 0 aliphatic rings. The molecule has 0 aliphatic carbocycles. The fourth-order valence-corrected chi connectivity index (χ4v) is 1.61. The molecule has 1 aromatic carbocycles. The van der Waals surface area contributed by atoms with Crippen LogP contribution < -0.4 is 0 Å². The van der Waals surface area contributed by atoms with Gasteiger partial charge >= 0.3 is 0 Å². The Bertz CT molecular complexity index is 517. The molecular formula is C13H14N2O3. The number of benzene rings is 1. The minimum Gasteiger partial charge on any atom is -0.328 e. The highest BCUT2D eigenvalue weighted by Crippen LogP contribution is 2.19. The first kappa shape index (κ1) is 13.7. The van der Waals surface area contributed by atoms with Gasteiger partial charge in [-0.2, -0.15) is 0 Å². The molecular weight excluding hydrogens is 232 g/mol. The lowest BCUT2D eigenvalue weighted by atomic mass is 10.1. The molecule has 5 heteroatoms. The lowest BCUT2D eigenvalue weighted by Crippen LogP contribution is -2.31. The third kappa shape index (κ3) is 2.86. The molecule has 0 radical (unpaired) electrons. The van der Waals surface area contributed by atoms with E-state index >= 15 is 0 Å². The van der Waals surface area contributed by atoms with Crippen molar-refractivity contribution in [1.82, 2.24) is 4.90 Å². The first-order valence-corrected chi connectivity index (χ1v) is 5.49. The van der Waals surface area contributed by atoms with E-state index in [0.29, 0.717) is 17.7 Å². The smallest absolute Gasteiger partial charge is 0.272 e.